The molecule has 0 fully saturated rings. The molecule has 0 radical (unpaired) electrons. The number of nitrogen functional groups attached to an aromatic ring is 1. The van der Waals surface area contributed by atoms with Crippen LogP contribution in [0.5, 0.6) is 0 Å². The lowest BCUT2D eigenvalue weighted by Gasteiger charge is -2.11. The van der Waals surface area contributed by atoms with Crippen LogP contribution < -0.4 is 16.8 Å². The van der Waals surface area contributed by atoms with Crippen molar-refractivity contribution in [1.29, 1.82) is 0 Å². The summed E-state index contributed by atoms with van der Waals surface area (Å²) in [6.07, 6.45) is 5.94. The largest absolute Gasteiger partial charge is 0.480 e. The summed E-state index contributed by atoms with van der Waals surface area (Å²) in [7, 11) is 0. The lowest BCUT2D eigenvalue weighted by molar-refractivity contribution is -0.141. The van der Waals surface area contributed by atoms with E-state index < -0.39 is 23.8 Å². The number of nitrogens with one attached hydrogen (secondary N) is 1. The predicted molar refractivity (Wildman–Crippen MR) is 87.0 cm³/mol. The number of nitrogens with two attached hydrogens (primary N) is 2. The van der Waals surface area contributed by atoms with Gasteiger partial charge in [0.05, 0.1) is 0 Å². The minimum Gasteiger partial charge on any atom is -0.480 e. The van der Waals surface area contributed by atoms with Crippen LogP contribution in [0.3, 0.4) is 0 Å². The van der Waals surface area contributed by atoms with Gasteiger partial charge in [-0.15, -0.1) is 0 Å². The van der Waals surface area contributed by atoms with Gasteiger partial charge in [-0.1, -0.05) is 30.4 Å². The van der Waals surface area contributed by atoms with Crippen molar-refractivity contribution in [3.63, 3.8) is 0 Å². The fraction of sp³-hybridized carbons (Fsp3) is 0.188. The summed E-state index contributed by atoms with van der Waals surface area (Å²) < 4.78 is 0. The van der Waals surface area contributed by atoms with Crippen LogP contribution in [-0.4, -0.2) is 28.9 Å². The minimum absolute atomic E-state index is 0.0501. The van der Waals surface area contributed by atoms with E-state index in [0.717, 1.165) is 5.56 Å². The first-order chi connectivity index (χ1) is 10.9. The Kier molecular flexibility index (Phi) is 7.06. The highest BCUT2D eigenvalue weighted by atomic mass is 16.4. The zero-order valence-corrected chi connectivity index (χ0v) is 12.4. The van der Waals surface area contributed by atoms with Gasteiger partial charge in [0.2, 0.25) is 11.8 Å². The molecule has 0 aliphatic rings. The van der Waals surface area contributed by atoms with Crippen molar-refractivity contribution >= 4 is 29.5 Å². The number of carbonyl (C=O) groups is 3. The van der Waals surface area contributed by atoms with Gasteiger partial charge in [0, 0.05) is 18.2 Å². The number of carbonyl (C=O) groups excluding carboxylic acids is 2. The molecule has 0 spiro atoms. The average Bonchev–Trinajstić information content (AvgIpc) is 2.49. The lowest BCUT2D eigenvalue weighted by atomic mass is 10.1. The Morgan fingerprint density at radius 3 is 2.39 bits per heavy atom. The van der Waals surface area contributed by atoms with Crippen molar-refractivity contribution in [2.24, 2.45) is 5.73 Å². The molecule has 0 heterocycles. The number of hydrogen-bond donors (Lipinski definition) is 4. The molecule has 1 aromatic carbocycles. The molecule has 1 unspecified atom stereocenters. The van der Waals surface area contributed by atoms with Crippen molar-refractivity contribution in [3.8, 4) is 0 Å². The highest BCUT2D eigenvalue weighted by Gasteiger charge is 2.19. The molecule has 0 saturated carbocycles. The number of primary amides is 1. The fourth-order valence-corrected chi connectivity index (χ4v) is 1.68. The topological polar surface area (TPSA) is 136 Å². The second-order valence-electron chi connectivity index (χ2n) is 4.79. The Balaban J connectivity index is 2.51. The number of amides is 2. The normalized spacial score (nSPS) is 12.3. The Bertz CT molecular complexity index is 621. The molecule has 0 aliphatic carbocycles. The highest BCUT2D eigenvalue weighted by molar-refractivity contribution is 5.91. The highest BCUT2D eigenvalue weighted by Crippen LogP contribution is 2.06. The van der Waals surface area contributed by atoms with E-state index in [-0.39, 0.29) is 12.8 Å². The number of carboxylic acid groups (broad SMARTS) is 1. The summed E-state index contributed by atoms with van der Waals surface area (Å²) in [4.78, 5) is 33.3. The molecule has 122 valence electrons. The Morgan fingerprint density at radius 1 is 1.17 bits per heavy atom. The van der Waals surface area contributed by atoms with Gasteiger partial charge in [-0.25, -0.2) is 4.79 Å². The first kappa shape index (κ1) is 18.0. The SMILES string of the molecule is NC(=O)CCC(NC(=O)/C=C/C=C/c1ccc(N)cc1)C(=O)O. The van der Waals surface area contributed by atoms with Crippen LogP contribution in [0, 0.1) is 0 Å². The molecular weight excluding hydrogens is 298 g/mol. The fourth-order valence-electron chi connectivity index (χ4n) is 1.68. The standard InChI is InChI=1S/C16H19N3O4/c17-12-7-5-11(6-8-12)3-1-2-4-15(21)19-13(16(22)23)9-10-14(18)20/h1-8,13H,9-10,17H2,(H2,18,20)(H,19,21)(H,22,23)/b3-1+,4-2+. The predicted octanol–water partition coefficient (Wildman–Crippen LogP) is 0.673. The molecule has 1 atom stereocenters. The van der Waals surface area contributed by atoms with E-state index in [9.17, 15) is 14.4 Å². The molecule has 2 amide bonds. The van der Waals surface area contributed by atoms with Gasteiger partial charge in [0.25, 0.3) is 0 Å². The van der Waals surface area contributed by atoms with Gasteiger partial charge in [-0.3, -0.25) is 9.59 Å². The van der Waals surface area contributed by atoms with E-state index in [4.69, 9.17) is 16.6 Å². The van der Waals surface area contributed by atoms with E-state index >= 15 is 0 Å². The van der Waals surface area contributed by atoms with Crippen molar-refractivity contribution in [3.05, 3.63) is 48.1 Å². The van der Waals surface area contributed by atoms with Gasteiger partial charge < -0.3 is 21.9 Å². The molecule has 0 saturated heterocycles. The quantitative estimate of drug-likeness (QED) is 0.317. The van der Waals surface area contributed by atoms with Crippen molar-refractivity contribution < 1.29 is 19.5 Å². The van der Waals surface area contributed by atoms with E-state index in [1.165, 1.54) is 12.2 Å². The van der Waals surface area contributed by atoms with Crippen LogP contribution in [0.1, 0.15) is 18.4 Å². The third-order valence-electron chi connectivity index (χ3n) is 2.88. The third-order valence-corrected chi connectivity index (χ3v) is 2.88. The molecule has 6 N–H and O–H groups in total. The van der Waals surface area contributed by atoms with Crippen LogP contribution in [0.4, 0.5) is 5.69 Å². The maximum Gasteiger partial charge on any atom is 0.326 e. The molecular formula is C16H19N3O4. The summed E-state index contributed by atoms with van der Waals surface area (Å²) in [5.41, 5.74) is 12.1. The number of benzene rings is 1. The first-order valence-corrected chi connectivity index (χ1v) is 6.90. The van der Waals surface area contributed by atoms with E-state index in [2.05, 4.69) is 5.32 Å². The van der Waals surface area contributed by atoms with Crippen LogP contribution >= 0.6 is 0 Å². The van der Waals surface area contributed by atoms with Gasteiger partial charge >= 0.3 is 5.97 Å². The van der Waals surface area contributed by atoms with Crippen LogP contribution in [0.2, 0.25) is 0 Å². The molecule has 7 nitrogen and oxygen atoms in total. The van der Waals surface area contributed by atoms with Gasteiger partial charge in [0.15, 0.2) is 0 Å². The van der Waals surface area contributed by atoms with Crippen molar-refractivity contribution in [2.75, 3.05) is 5.73 Å². The molecule has 0 aliphatic heterocycles. The summed E-state index contributed by atoms with van der Waals surface area (Å²) >= 11 is 0. The molecule has 1 aromatic rings. The Hall–Kier alpha value is -3.09. The molecule has 7 heteroatoms. The van der Waals surface area contributed by atoms with Gasteiger partial charge in [-0.05, 0) is 24.1 Å². The third kappa shape index (κ3) is 7.47. The van der Waals surface area contributed by atoms with Crippen LogP contribution in [-0.2, 0) is 14.4 Å². The molecule has 23 heavy (non-hydrogen) atoms. The second kappa shape index (κ2) is 9.04. The second-order valence-corrected chi connectivity index (χ2v) is 4.79. The summed E-state index contributed by atoms with van der Waals surface area (Å²) in [5, 5.41) is 11.3. The van der Waals surface area contributed by atoms with E-state index in [1.54, 1.807) is 24.3 Å². The van der Waals surface area contributed by atoms with Crippen LogP contribution in [0.15, 0.2) is 42.5 Å². The number of hydrogen-bond acceptors (Lipinski definition) is 4. The summed E-state index contributed by atoms with van der Waals surface area (Å²) in [6.45, 7) is 0. The van der Waals surface area contributed by atoms with E-state index in [1.807, 2.05) is 12.1 Å². The van der Waals surface area contributed by atoms with Gasteiger partial charge in [-0.2, -0.15) is 0 Å². The number of aliphatic carboxylic acids is 1. The molecule has 0 bridgehead atoms. The average molecular weight is 317 g/mol. The van der Waals surface area contributed by atoms with Crippen molar-refractivity contribution in [2.45, 2.75) is 18.9 Å². The Morgan fingerprint density at radius 2 is 1.83 bits per heavy atom. The van der Waals surface area contributed by atoms with E-state index in [0.29, 0.717) is 5.69 Å². The minimum atomic E-state index is -1.22. The number of rotatable bonds is 8. The zero-order valence-electron chi connectivity index (χ0n) is 12.4. The summed E-state index contributed by atoms with van der Waals surface area (Å²) in [6, 6.07) is 6.01. The Labute approximate surface area is 133 Å². The number of carboxylic acids is 1. The van der Waals surface area contributed by atoms with Gasteiger partial charge in [0.1, 0.15) is 6.04 Å². The number of allylic oxidation sites excluding steroid dienone is 2. The maximum atomic E-state index is 11.6. The molecule has 1 rings (SSSR count). The summed E-state index contributed by atoms with van der Waals surface area (Å²) in [5.74, 6) is -2.40. The van der Waals surface area contributed by atoms with Crippen molar-refractivity contribution in [1.82, 2.24) is 5.32 Å². The van der Waals surface area contributed by atoms with Crippen LogP contribution in [0.25, 0.3) is 6.08 Å². The number of anilines is 1. The first-order valence-electron chi connectivity index (χ1n) is 6.90. The monoisotopic (exact) mass is 317 g/mol. The lowest BCUT2D eigenvalue weighted by Crippen LogP contribution is -2.40. The maximum absolute atomic E-state index is 11.6. The molecule has 0 aromatic heterocycles. The smallest absolute Gasteiger partial charge is 0.326 e. The zero-order chi connectivity index (χ0) is 17.2.